The van der Waals surface area contributed by atoms with Gasteiger partial charge < -0.3 is 4.74 Å². The van der Waals surface area contributed by atoms with Gasteiger partial charge in [-0.05, 0) is 43.4 Å². The van der Waals surface area contributed by atoms with Crippen molar-refractivity contribution in [3.63, 3.8) is 0 Å². The maximum atomic E-state index is 12.2. The molecule has 1 heterocycles. The van der Waals surface area contributed by atoms with Gasteiger partial charge in [0.05, 0.1) is 5.92 Å². The molecule has 1 aromatic rings. The summed E-state index contributed by atoms with van der Waals surface area (Å²) in [6, 6.07) is 7.55. The number of hydrogen-bond acceptors (Lipinski definition) is 2. The van der Waals surface area contributed by atoms with E-state index in [1.807, 2.05) is 24.3 Å². The Kier molecular flexibility index (Phi) is 7.24. The standard InChI is InChI=1S/C19H27ClO2/c1-2-3-4-5-6-7-8-17-13-14-18(19(21)22-17)15-9-11-16(20)12-10-15/h9-12,17-18H,2-8,13-14H2,1H3. The highest BCUT2D eigenvalue weighted by atomic mass is 35.5. The lowest BCUT2D eigenvalue weighted by molar-refractivity contribution is -0.156. The molecule has 3 heteroatoms. The Morgan fingerprint density at radius 3 is 2.41 bits per heavy atom. The molecule has 0 N–H and O–H groups in total. The number of halogens is 1. The van der Waals surface area contributed by atoms with Crippen molar-refractivity contribution in [3.05, 3.63) is 34.9 Å². The quantitative estimate of drug-likeness (QED) is 0.441. The fourth-order valence-electron chi connectivity index (χ4n) is 3.13. The molecule has 0 aromatic heterocycles. The van der Waals surface area contributed by atoms with Crippen LogP contribution in [0.2, 0.25) is 5.02 Å². The van der Waals surface area contributed by atoms with Crippen LogP contribution in [-0.4, -0.2) is 12.1 Å². The van der Waals surface area contributed by atoms with E-state index in [-0.39, 0.29) is 18.0 Å². The van der Waals surface area contributed by atoms with E-state index < -0.39 is 0 Å². The van der Waals surface area contributed by atoms with Crippen LogP contribution in [0.25, 0.3) is 0 Å². The second-order valence-corrected chi connectivity index (χ2v) is 6.73. The van der Waals surface area contributed by atoms with E-state index in [4.69, 9.17) is 16.3 Å². The molecule has 2 rings (SSSR count). The van der Waals surface area contributed by atoms with Crippen molar-refractivity contribution in [3.8, 4) is 0 Å². The molecule has 0 amide bonds. The zero-order chi connectivity index (χ0) is 15.8. The van der Waals surface area contributed by atoms with Gasteiger partial charge in [0.25, 0.3) is 0 Å². The molecule has 0 spiro atoms. The first-order valence-corrected chi connectivity index (χ1v) is 9.04. The maximum Gasteiger partial charge on any atom is 0.313 e. The van der Waals surface area contributed by atoms with Crippen molar-refractivity contribution in [1.82, 2.24) is 0 Å². The van der Waals surface area contributed by atoms with Crippen molar-refractivity contribution >= 4 is 17.6 Å². The normalized spacial score (nSPS) is 21.6. The van der Waals surface area contributed by atoms with Crippen LogP contribution in [0.5, 0.6) is 0 Å². The molecule has 1 aromatic carbocycles. The van der Waals surface area contributed by atoms with Gasteiger partial charge in [0, 0.05) is 5.02 Å². The van der Waals surface area contributed by atoms with Gasteiger partial charge in [-0.2, -0.15) is 0 Å². The Hall–Kier alpha value is -1.02. The fourth-order valence-corrected chi connectivity index (χ4v) is 3.26. The third kappa shape index (κ3) is 5.31. The lowest BCUT2D eigenvalue weighted by atomic mass is 9.89. The van der Waals surface area contributed by atoms with Crippen molar-refractivity contribution in [2.45, 2.75) is 76.7 Å². The Balaban J connectivity index is 1.71. The summed E-state index contributed by atoms with van der Waals surface area (Å²) >= 11 is 5.90. The van der Waals surface area contributed by atoms with Crippen LogP contribution in [0.15, 0.2) is 24.3 Å². The van der Waals surface area contributed by atoms with Crippen molar-refractivity contribution < 1.29 is 9.53 Å². The first-order valence-electron chi connectivity index (χ1n) is 8.66. The monoisotopic (exact) mass is 322 g/mol. The third-order valence-corrected chi connectivity index (χ3v) is 4.75. The van der Waals surface area contributed by atoms with Crippen LogP contribution in [0, 0.1) is 0 Å². The van der Waals surface area contributed by atoms with E-state index in [0.717, 1.165) is 24.8 Å². The summed E-state index contributed by atoms with van der Waals surface area (Å²) in [7, 11) is 0. The van der Waals surface area contributed by atoms with Crippen molar-refractivity contribution in [2.24, 2.45) is 0 Å². The van der Waals surface area contributed by atoms with Crippen LogP contribution in [0.4, 0.5) is 0 Å². The smallest absolute Gasteiger partial charge is 0.313 e. The van der Waals surface area contributed by atoms with E-state index in [1.54, 1.807) is 0 Å². The van der Waals surface area contributed by atoms with Crippen LogP contribution >= 0.6 is 11.6 Å². The number of unbranched alkanes of at least 4 members (excludes halogenated alkanes) is 5. The van der Waals surface area contributed by atoms with Crippen LogP contribution in [-0.2, 0) is 9.53 Å². The minimum atomic E-state index is -0.113. The lowest BCUT2D eigenvalue weighted by Gasteiger charge is -2.28. The Morgan fingerprint density at radius 1 is 1.05 bits per heavy atom. The third-order valence-electron chi connectivity index (χ3n) is 4.50. The number of cyclic esters (lactones) is 1. The summed E-state index contributed by atoms with van der Waals surface area (Å²) in [5.74, 6) is -0.178. The molecule has 1 aliphatic rings. The highest BCUT2D eigenvalue weighted by Gasteiger charge is 2.30. The molecular weight excluding hydrogens is 296 g/mol. The van der Waals surface area contributed by atoms with E-state index >= 15 is 0 Å². The molecule has 0 saturated carbocycles. The molecule has 2 atom stereocenters. The maximum absolute atomic E-state index is 12.2. The largest absolute Gasteiger partial charge is 0.462 e. The number of benzene rings is 1. The zero-order valence-corrected chi connectivity index (χ0v) is 14.3. The first kappa shape index (κ1) is 17.3. The molecule has 1 fully saturated rings. The molecule has 0 aliphatic carbocycles. The Morgan fingerprint density at radius 2 is 1.73 bits per heavy atom. The molecule has 1 saturated heterocycles. The Bertz CT molecular complexity index is 455. The summed E-state index contributed by atoms with van der Waals surface area (Å²) in [5, 5.41) is 0.703. The van der Waals surface area contributed by atoms with E-state index in [9.17, 15) is 4.79 Å². The van der Waals surface area contributed by atoms with Crippen LogP contribution in [0.1, 0.15) is 76.2 Å². The van der Waals surface area contributed by atoms with Crippen molar-refractivity contribution in [1.29, 1.82) is 0 Å². The van der Waals surface area contributed by atoms with Gasteiger partial charge in [0.2, 0.25) is 0 Å². The number of ether oxygens (including phenoxy) is 1. The number of carbonyl (C=O) groups excluding carboxylic acids is 1. The number of esters is 1. The molecule has 122 valence electrons. The second kappa shape index (κ2) is 9.19. The highest BCUT2D eigenvalue weighted by Crippen LogP contribution is 2.31. The average Bonchev–Trinajstić information content (AvgIpc) is 2.52. The van der Waals surface area contributed by atoms with E-state index in [0.29, 0.717) is 5.02 Å². The second-order valence-electron chi connectivity index (χ2n) is 6.30. The van der Waals surface area contributed by atoms with Gasteiger partial charge in [-0.25, -0.2) is 0 Å². The summed E-state index contributed by atoms with van der Waals surface area (Å²) in [6.07, 6.45) is 10.7. The molecule has 0 bridgehead atoms. The van der Waals surface area contributed by atoms with Gasteiger partial charge in [-0.15, -0.1) is 0 Å². The first-order chi connectivity index (χ1) is 10.7. The lowest BCUT2D eigenvalue weighted by Crippen LogP contribution is -2.29. The summed E-state index contributed by atoms with van der Waals surface area (Å²) in [6.45, 7) is 2.23. The van der Waals surface area contributed by atoms with Crippen LogP contribution < -0.4 is 0 Å². The average molecular weight is 323 g/mol. The fraction of sp³-hybridized carbons (Fsp3) is 0.632. The zero-order valence-electron chi connectivity index (χ0n) is 13.5. The van der Waals surface area contributed by atoms with Gasteiger partial charge in [0.1, 0.15) is 6.10 Å². The topological polar surface area (TPSA) is 26.3 Å². The molecular formula is C19H27ClO2. The van der Waals surface area contributed by atoms with Crippen LogP contribution in [0.3, 0.4) is 0 Å². The number of carbonyl (C=O) groups is 1. The summed E-state index contributed by atoms with van der Waals surface area (Å²) in [5.41, 5.74) is 1.02. The minimum absolute atomic E-state index is 0.0652. The minimum Gasteiger partial charge on any atom is -0.462 e. The molecule has 2 nitrogen and oxygen atoms in total. The molecule has 1 aliphatic heterocycles. The SMILES string of the molecule is CCCCCCCCC1CCC(c2ccc(Cl)cc2)C(=O)O1. The van der Waals surface area contributed by atoms with Gasteiger partial charge >= 0.3 is 5.97 Å². The molecule has 0 radical (unpaired) electrons. The summed E-state index contributed by atoms with van der Waals surface area (Å²) in [4.78, 5) is 12.2. The molecule has 2 unspecified atom stereocenters. The van der Waals surface area contributed by atoms with Gasteiger partial charge in [0.15, 0.2) is 0 Å². The van der Waals surface area contributed by atoms with Gasteiger partial charge in [-0.1, -0.05) is 62.8 Å². The van der Waals surface area contributed by atoms with E-state index in [2.05, 4.69) is 6.92 Å². The van der Waals surface area contributed by atoms with Crippen molar-refractivity contribution in [2.75, 3.05) is 0 Å². The number of hydrogen-bond donors (Lipinski definition) is 0. The highest BCUT2D eigenvalue weighted by molar-refractivity contribution is 6.30. The van der Waals surface area contributed by atoms with Gasteiger partial charge in [-0.3, -0.25) is 4.79 Å². The molecule has 22 heavy (non-hydrogen) atoms. The predicted molar refractivity (Wildman–Crippen MR) is 91.3 cm³/mol. The Labute approximate surface area is 139 Å². The number of rotatable bonds is 8. The predicted octanol–water partition coefficient (Wildman–Crippen LogP) is 5.88. The van der Waals surface area contributed by atoms with E-state index in [1.165, 1.54) is 38.5 Å². The summed E-state index contributed by atoms with van der Waals surface area (Å²) < 4.78 is 5.64.